The Labute approximate surface area is 237 Å². The van der Waals surface area contributed by atoms with E-state index in [-0.39, 0.29) is 11.6 Å². The predicted molar refractivity (Wildman–Crippen MR) is 156 cm³/mol. The summed E-state index contributed by atoms with van der Waals surface area (Å²) in [5, 5.41) is 4.81. The summed E-state index contributed by atoms with van der Waals surface area (Å²) in [7, 11) is 0. The van der Waals surface area contributed by atoms with Crippen LogP contribution in [0.5, 0.6) is 11.5 Å². The molecule has 0 N–H and O–H groups in total. The number of halogens is 2. The summed E-state index contributed by atoms with van der Waals surface area (Å²) in [6.07, 6.45) is 0. The number of hydrogen-bond acceptors (Lipinski definition) is 3. The largest absolute Gasteiger partial charge is 0.485 e. The molecule has 6 aromatic rings. The van der Waals surface area contributed by atoms with E-state index in [1.807, 2.05) is 84.9 Å². The Hall–Kier alpha value is -5.23. The molecule has 41 heavy (non-hydrogen) atoms. The highest BCUT2D eigenvalue weighted by Gasteiger charge is 2.17. The van der Waals surface area contributed by atoms with Crippen LogP contribution in [0.25, 0.3) is 28.2 Å². The third-order valence-corrected chi connectivity index (χ3v) is 6.63. The number of aromatic nitrogens is 2. The van der Waals surface area contributed by atoms with Crippen molar-refractivity contribution in [1.82, 2.24) is 9.78 Å². The van der Waals surface area contributed by atoms with Crippen LogP contribution >= 0.6 is 0 Å². The molecule has 0 saturated heterocycles. The van der Waals surface area contributed by atoms with Gasteiger partial charge in [0.05, 0.1) is 17.1 Å². The normalized spacial score (nSPS) is 10.9. The second-order valence-electron chi connectivity index (χ2n) is 9.52. The summed E-state index contributed by atoms with van der Waals surface area (Å²) >= 11 is 0. The van der Waals surface area contributed by atoms with Crippen LogP contribution in [0.2, 0.25) is 0 Å². The van der Waals surface area contributed by atoms with E-state index >= 15 is 0 Å². The third kappa shape index (κ3) is 6.17. The van der Waals surface area contributed by atoms with Gasteiger partial charge < -0.3 is 9.47 Å². The van der Waals surface area contributed by atoms with Crippen LogP contribution in [0.4, 0.5) is 8.78 Å². The van der Waals surface area contributed by atoms with Crippen molar-refractivity contribution in [2.75, 3.05) is 0 Å². The van der Waals surface area contributed by atoms with Crippen LogP contribution in [0.15, 0.2) is 133 Å². The first-order valence-corrected chi connectivity index (χ1v) is 13.2. The van der Waals surface area contributed by atoms with Gasteiger partial charge >= 0.3 is 0 Å². The van der Waals surface area contributed by atoms with Crippen molar-refractivity contribution in [2.24, 2.45) is 0 Å². The Morgan fingerprint density at radius 3 is 1.68 bits per heavy atom. The molecule has 0 aliphatic rings. The molecule has 0 unspecified atom stereocenters. The van der Waals surface area contributed by atoms with Crippen LogP contribution in [-0.4, -0.2) is 9.78 Å². The quantitative estimate of drug-likeness (QED) is 0.183. The first-order chi connectivity index (χ1) is 20.1. The van der Waals surface area contributed by atoms with Gasteiger partial charge in [0.2, 0.25) is 0 Å². The van der Waals surface area contributed by atoms with Crippen molar-refractivity contribution in [3.63, 3.8) is 0 Å². The third-order valence-electron chi connectivity index (χ3n) is 6.63. The van der Waals surface area contributed by atoms with Crippen molar-refractivity contribution in [3.05, 3.63) is 156 Å². The second-order valence-corrected chi connectivity index (χ2v) is 9.52. The summed E-state index contributed by atoms with van der Waals surface area (Å²) < 4.78 is 41.6. The van der Waals surface area contributed by atoms with Crippen molar-refractivity contribution in [1.29, 1.82) is 0 Å². The zero-order valence-corrected chi connectivity index (χ0v) is 22.1. The molecule has 0 amide bonds. The molecule has 202 valence electrons. The summed E-state index contributed by atoms with van der Waals surface area (Å²) in [6, 6.07) is 39.9. The minimum absolute atomic E-state index is 0.321. The number of hydrogen-bond donors (Lipinski definition) is 0. The molecule has 0 aliphatic heterocycles. The van der Waals surface area contributed by atoms with Gasteiger partial charge in [-0.05, 0) is 83.9 Å². The van der Waals surface area contributed by atoms with Crippen LogP contribution in [-0.2, 0) is 13.2 Å². The van der Waals surface area contributed by atoms with E-state index in [0.29, 0.717) is 36.1 Å². The molecule has 0 aliphatic carbocycles. The predicted octanol–water partition coefficient (Wildman–Crippen LogP) is 8.64. The zero-order valence-electron chi connectivity index (χ0n) is 22.1. The van der Waals surface area contributed by atoms with E-state index < -0.39 is 0 Å². The highest BCUT2D eigenvalue weighted by Crippen LogP contribution is 2.36. The van der Waals surface area contributed by atoms with Gasteiger partial charge in [-0.15, -0.1) is 0 Å². The van der Waals surface area contributed by atoms with Gasteiger partial charge in [0.1, 0.15) is 24.8 Å². The van der Waals surface area contributed by atoms with E-state index in [2.05, 4.69) is 0 Å². The molecule has 5 aromatic carbocycles. The number of ether oxygens (including phenoxy) is 2. The summed E-state index contributed by atoms with van der Waals surface area (Å²) in [6.45, 7) is 0.758. The Kier molecular flexibility index (Phi) is 7.54. The van der Waals surface area contributed by atoms with Crippen molar-refractivity contribution in [3.8, 4) is 39.7 Å². The van der Waals surface area contributed by atoms with Gasteiger partial charge in [0.15, 0.2) is 11.5 Å². The zero-order chi connectivity index (χ0) is 28.0. The molecule has 6 heteroatoms. The number of rotatable bonds is 9. The fraction of sp³-hybridized carbons (Fsp3) is 0.0571. The van der Waals surface area contributed by atoms with Gasteiger partial charge in [-0.2, -0.15) is 5.10 Å². The first kappa shape index (κ1) is 26.0. The minimum atomic E-state index is -0.335. The smallest absolute Gasteiger partial charge is 0.162 e. The molecular formula is C35H26F2N2O2. The Bertz CT molecular complexity index is 1730. The average molecular weight is 545 g/mol. The average Bonchev–Trinajstić information content (AvgIpc) is 3.46. The standard InChI is InChI=1S/C35H26F2N2O2/c36-29-14-11-27(12-15-29)32-22-33(39(38-32)31-18-16-30(37)17-19-31)28-13-20-34(40-23-25-7-3-1-4-8-25)35(21-28)41-24-26-9-5-2-6-10-26/h1-22H,23-24H2. The van der Waals surface area contributed by atoms with E-state index in [1.165, 1.54) is 24.3 Å². The molecule has 1 heterocycles. The minimum Gasteiger partial charge on any atom is -0.485 e. The van der Waals surface area contributed by atoms with Crippen LogP contribution in [0.1, 0.15) is 11.1 Å². The van der Waals surface area contributed by atoms with Crippen LogP contribution in [0.3, 0.4) is 0 Å². The van der Waals surface area contributed by atoms with Gasteiger partial charge in [0, 0.05) is 11.1 Å². The lowest BCUT2D eigenvalue weighted by Gasteiger charge is -2.15. The van der Waals surface area contributed by atoms with Gasteiger partial charge in [-0.25, -0.2) is 13.5 Å². The molecule has 0 radical (unpaired) electrons. The topological polar surface area (TPSA) is 36.3 Å². The fourth-order valence-corrected chi connectivity index (χ4v) is 4.50. The highest BCUT2D eigenvalue weighted by atomic mass is 19.1. The Morgan fingerprint density at radius 1 is 0.537 bits per heavy atom. The molecule has 0 fully saturated rings. The monoisotopic (exact) mass is 544 g/mol. The van der Waals surface area contributed by atoms with Crippen molar-refractivity contribution < 1.29 is 18.3 Å². The molecule has 0 bridgehead atoms. The molecule has 6 rings (SSSR count). The van der Waals surface area contributed by atoms with E-state index in [1.54, 1.807) is 28.9 Å². The fourth-order valence-electron chi connectivity index (χ4n) is 4.50. The van der Waals surface area contributed by atoms with Crippen LogP contribution in [0, 0.1) is 11.6 Å². The molecule has 0 saturated carbocycles. The maximum Gasteiger partial charge on any atom is 0.162 e. The maximum atomic E-state index is 13.8. The first-order valence-electron chi connectivity index (χ1n) is 13.2. The number of benzene rings is 5. The summed E-state index contributed by atoms with van der Waals surface area (Å²) in [5.74, 6) is 0.536. The van der Waals surface area contributed by atoms with E-state index in [9.17, 15) is 8.78 Å². The molecule has 0 atom stereocenters. The lowest BCUT2D eigenvalue weighted by Crippen LogP contribution is -2.02. The molecular weight excluding hydrogens is 518 g/mol. The van der Waals surface area contributed by atoms with E-state index in [0.717, 1.165) is 27.9 Å². The van der Waals surface area contributed by atoms with Crippen LogP contribution < -0.4 is 9.47 Å². The van der Waals surface area contributed by atoms with Gasteiger partial charge in [0.25, 0.3) is 0 Å². The van der Waals surface area contributed by atoms with Gasteiger partial charge in [-0.3, -0.25) is 0 Å². The van der Waals surface area contributed by atoms with Crippen molar-refractivity contribution in [2.45, 2.75) is 13.2 Å². The van der Waals surface area contributed by atoms with Crippen molar-refractivity contribution >= 4 is 0 Å². The molecule has 4 nitrogen and oxygen atoms in total. The molecule has 0 spiro atoms. The summed E-state index contributed by atoms with van der Waals surface area (Å²) in [4.78, 5) is 0. The SMILES string of the molecule is Fc1ccc(-c2cc(-c3ccc(OCc4ccccc4)c(OCc4ccccc4)c3)n(-c3ccc(F)cc3)n2)cc1. The lowest BCUT2D eigenvalue weighted by molar-refractivity contribution is 0.256. The molecule has 1 aromatic heterocycles. The second kappa shape index (κ2) is 11.9. The lowest BCUT2D eigenvalue weighted by atomic mass is 10.1. The Balaban J connectivity index is 1.40. The number of nitrogens with zero attached hydrogens (tertiary/aromatic N) is 2. The highest BCUT2D eigenvalue weighted by molar-refractivity contribution is 5.72. The Morgan fingerprint density at radius 2 is 1.07 bits per heavy atom. The van der Waals surface area contributed by atoms with Gasteiger partial charge in [-0.1, -0.05) is 60.7 Å². The maximum absolute atomic E-state index is 13.8. The summed E-state index contributed by atoms with van der Waals surface area (Å²) in [5.41, 5.74) is 5.76. The van der Waals surface area contributed by atoms with E-state index in [4.69, 9.17) is 14.6 Å².